The number of hydrogen-bond acceptors (Lipinski definition) is 6. The molecular formula is C18H15N5O2. The van der Waals surface area contributed by atoms with E-state index in [4.69, 9.17) is 4.42 Å². The van der Waals surface area contributed by atoms with E-state index in [0.717, 1.165) is 29.8 Å². The lowest BCUT2D eigenvalue weighted by atomic mass is 9.87. The molecule has 0 saturated heterocycles. The van der Waals surface area contributed by atoms with Crippen molar-refractivity contribution in [2.45, 2.75) is 25.3 Å². The van der Waals surface area contributed by atoms with E-state index in [0.29, 0.717) is 24.0 Å². The summed E-state index contributed by atoms with van der Waals surface area (Å²) in [6.45, 7) is 0. The van der Waals surface area contributed by atoms with Crippen molar-refractivity contribution in [3.05, 3.63) is 59.8 Å². The molecule has 1 aliphatic carbocycles. The van der Waals surface area contributed by atoms with E-state index in [1.54, 1.807) is 23.2 Å². The van der Waals surface area contributed by atoms with E-state index >= 15 is 0 Å². The molecule has 7 nitrogen and oxygen atoms in total. The maximum Gasteiger partial charge on any atom is 0.227 e. The van der Waals surface area contributed by atoms with Gasteiger partial charge in [0.25, 0.3) is 0 Å². The number of carbonyl (C=O) groups excluding carboxylic acids is 1. The van der Waals surface area contributed by atoms with Gasteiger partial charge in [-0.25, -0.2) is 4.68 Å². The number of Topliss-reactive ketones (excluding diaryl/α,β-unsaturated/α-hetero) is 1. The van der Waals surface area contributed by atoms with Gasteiger partial charge in [0.1, 0.15) is 6.04 Å². The summed E-state index contributed by atoms with van der Waals surface area (Å²) in [6.07, 6.45) is 5.55. The monoisotopic (exact) mass is 333 g/mol. The Bertz CT molecular complexity index is 972. The minimum Gasteiger partial charge on any atom is -0.461 e. The van der Waals surface area contributed by atoms with Crippen LogP contribution in [0.25, 0.3) is 11.6 Å². The first kappa shape index (κ1) is 14.2. The highest BCUT2D eigenvalue weighted by Crippen LogP contribution is 2.39. The van der Waals surface area contributed by atoms with E-state index in [1.165, 1.54) is 0 Å². The molecule has 3 aromatic rings. The van der Waals surface area contributed by atoms with E-state index in [-0.39, 0.29) is 11.8 Å². The molecule has 0 spiro atoms. The molecule has 0 aromatic carbocycles. The normalized spacial score (nSPS) is 19.4. The third-order valence-electron chi connectivity index (χ3n) is 4.58. The quantitative estimate of drug-likeness (QED) is 0.776. The van der Waals surface area contributed by atoms with Gasteiger partial charge < -0.3 is 9.73 Å². The molecule has 0 bridgehead atoms. The average molecular weight is 333 g/mol. The molecule has 2 aliphatic rings. The highest BCUT2D eigenvalue weighted by atomic mass is 16.3. The van der Waals surface area contributed by atoms with Gasteiger partial charge in [0.15, 0.2) is 11.5 Å². The van der Waals surface area contributed by atoms with Crippen LogP contribution in [-0.2, 0) is 4.79 Å². The number of aromatic nitrogens is 4. The zero-order valence-corrected chi connectivity index (χ0v) is 13.3. The van der Waals surface area contributed by atoms with Crippen molar-refractivity contribution in [1.82, 2.24) is 19.7 Å². The molecule has 25 heavy (non-hydrogen) atoms. The predicted octanol–water partition coefficient (Wildman–Crippen LogP) is 2.96. The van der Waals surface area contributed by atoms with Crippen LogP contribution in [0.2, 0.25) is 0 Å². The molecule has 0 amide bonds. The van der Waals surface area contributed by atoms with Crippen molar-refractivity contribution in [2.24, 2.45) is 0 Å². The summed E-state index contributed by atoms with van der Waals surface area (Å²) >= 11 is 0. The number of ketones is 1. The van der Waals surface area contributed by atoms with Crippen molar-refractivity contribution in [3.8, 4) is 11.6 Å². The van der Waals surface area contributed by atoms with Crippen LogP contribution in [0.5, 0.6) is 0 Å². The van der Waals surface area contributed by atoms with Gasteiger partial charge in [-0.1, -0.05) is 6.07 Å². The van der Waals surface area contributed by atoms with Gasteiger partial charge in [0, 0.05) is 23.9 Å². The summed E-state index contributed by atoms with van der Waals surface area (Å²) in [5.41, 5.74) is 2.45. The van der Waals surface area contributed by atoms with Gasteiger partial charge >= 0.3 is 0 Å². The van der Waals surface area contributed by atoms with Crippen LogP contribution in [0, 0.1) is 0 Å². The highest BCUT2D eigenvalue weighted by molar-refractivity contribution is 5.99. The molecule has 124 valence electrons. The largest absolute Gasteiger partial charge is 0.461 e. The van der Waals surface area contributed by atoms with Gasteiger partial charge in [-0.15, -0.1) is 5.10 Å². The van der Waals surface area contributed by atoms with Crippen molar-refractivity contribution >= 4 is 11.7 Å². The number of pyridine rings is 1. The zero-order valence-electron chi connectivity index (χ0n) is 13.3. The van der Waals surface area contributed by atoms with Crippen molar-refractivity contribution in [3.63, 3.8) is 0 Å². The van der Waals surface area contributed by atoms with E-state index < -0.39 is 0 Å². The lowest BCUT2D eigenvalue weighted by Gasteiger charge is -2.31. The van der Waals surface area contributed by atoms with Crippen LogP contribution < -0.4 is 5.32 Å². The van der Waals surface area contributed by atoms with Crippen LogP contribution in [0.15, 0.2) is 58.5 Å². The molecule has 0 fully saturated rings. The first-order valence-electron chi connectivity index (χ1n) is 8.26. The summed E-state index contributed by atoms with van der Waals surface area (Å²) in [7, 11) is 0. The molecule has 1 atom stereocenters. The smallest absolute Gasteiger partial charge is 0.227 e. The molecule has 0 radical (unpaired) electrons. The molecular weight excluding hydrogens is 318 g/mol. The number of anilines is 1. The van der Waals surface area contributed by atoms with Gasteiger partial charge in [0.2, 0.25) is 11.8 Å². The fourth-order valence-corrected chi connectivity index (χ4v) is 3.48. The lowest BCUT2D eigenvalue weighted by Crippen LogP contribution is -2.32. The van der Waals surface area contributed by atoms with Crippen LogP contribution in [0.3, 0.4) is 0 Å². The third kappa shape index (κ3) is 2.20. The number of rotatable bonds is 2. The molecule has 5 rings (SSSR count). The Hall–Kier alpha value is -3.22. The summed E-state index contributed by atoms with van der Waals surface area (Å²) in [5.74, 6) is 1.83. The SMILES string of the molecule is O=C1CCCC2=C1C(c1ccccn1)n1nc(-c3ccco3)nc1N2. The van der Waals surface area contributed by atoms with Crippen molar-refractivity contribution < 1.29 is 9.21 Å². The van der Waals surface area contributed by atoms with Gasteiger partial charge in [0.05, 0.1) is 12.0 Å². The molecule has 1 N–H and O–H groups in total. The second-order valence-electron chi connectivity index (χ2n) is 6.13. The Morgan fingerprint density at radius 2 is 2.16 bits per heavy atom. The van der Waals surface area contributed by atoms with E-state index in [2.05, 4.69) is 20.4 Å². The van der Waals surface area contributed by atoms with Crippen LogP contribution in [0.4, 0.5) is 5.95 Å². The standard InChI is InChI=1S/C18H15N5O2/c24-13-7-3-6-11-15(13)16(12-5-1-2-9-19-12)23-18(20-11)21-17(22-23)14-8-4-10-25-14/h1-2,4-5,8-10,16H,3,6-7H2,(H,20,21,22). The fraction of sp³-hybridized carbons (Fsp3) is 0.222. The number of fused-ring (bicyclic) bond motifs is 1. The summed E-state index contributed by atoms with van der Waals surface area (Å²) < 4.78 is 7.15. The molecule has 1 aliphatic heterocycles. The van der Waals surface area contributed by atoms with Crippen LogP contribution >= 0.6 is 0 Å². The van der Waals surface area contributed by atoms with E-state index in [1.807, 2.05) is 24.3 Å². The second kappa shape index (κ2) is 5.41. The number of nitrogens with zero attached hydrogens (tertiary/aromatic N) is 4. The Labute approximate surface area is 143 Å². The van der Waals surface area contributed by atoms with Gasteiger partial charge in [-0.2, -0.15) is 4.98 Å². The number of furan rings is 1. The molecule has 1 unspecified atom stereocenters. The first-order chi connectivity index (χ1) is 12.3. The van der Waals surface area contributed by atoms with Crippen molar-refractivity contribution in [2.75, 3.05) is 5.32 Å². The Balaban J connectivity index is 1.70. The summed E-state index contributed by atoms with van der Waals surface area (Å²) in [4.78, 5) is 21.7. The third-order valence-corrected chi connectivity index (χ3v) is 4.58. The lowest BCUT2D eigenvalue weighted by molar-refractivity contribution is -0.116. The topological polar surface area (TPSA) is 85.8 Å². The Kier molecular flexibility index (Phi) is 3.06. The molecule has 7 heteroatoms. The van der Waals surface area contributed by atoms with Crippen molar-refractivity contribution in [1.29, 1.82) is 0 Å². The molecule has 0 saturated carbocycles. The van der Waals surface area contributed by atoms with Gasteiger partial charge in [-0.3, -0.25) is 9.78 Å². The Morgan fingerprint density at radius 1 is 1.20 bits per heavy atom. The summed E-state index contributed by atoms with van der Waals surface area (Å²) in [5, 5.41) is 7.89. The number of hydrogen-bond donors (Lipinski definition) is 1. The summed E-state index contributed by atoms with van der Waals surface area (Å²) in [6, 6.07) is 8.94. The minimum atomic E-state index is -0.364. The maximum atomic E-state index is 12.7. The highest BCUT2D eigenvalue weighted by Gasteiger charge is 2.37. The fourth-order valence-electron chi connectivity index (χ4n) is 3.48. The van der Waals surface area contributed by atoms with Gasteiger partial charge in [-0.05, 0) is 37.1 Å². The van der Waals surface area contributed by atoms with E-state index in [9.17, 15) is 4.79 Å². The predicted molar refractivity (Wildman–Crippen MR) is 89.6 cm³/mol. The maximum absolute atomic E-state index is 12.7. The second-order valence-corrected chi connectivity index (χ2v) is 6.13. The number of allylic oxidation sites excluding steroid dienone is 2. The average Bonchev–Trinajstić information content (AvgIpc) is 3.30. The first-order valence-corrected chi connectivity index (χ1v) is 8.26. The number of carbonyl (C=O) groups is 1. The molecule has 4 heterocycles. The Morgan fingerprint density at radius 3 is 2.96 bits per heavy atom. The van der Waals surface area contributed by atoms with Crippen LogP contribution in [-0.4, -0.2) is 25.5 Å². The van der Waals surface area contributed by atoms with Crippen LogP contribution in [0.1, 0.15) is 31.0 Å². The zero-order chi connectivity index (χ0) is 16.8. The molecule has 3 aromatic heterocycles. The number of nitrogens with one attached hydrogen (secondary N) is 1. The minimum absolute atomic E-state index is 0.144.